The molecule has 0 saturated carbocycles. The molecule has 0 aliphatic carbocycles. The summed E-state index contributed by atoms with van der Waals surface area (Å²) in [6.45, 7) is 3.00. The predicted molar refractivity (Wildman–Crippen MR) is 85.4 cm³/mol. The number of methoxy groups -OCH3 is 1. The van der Waals surface area contributed by atoms with Crippen molar-refractivity contribution in [3.63, 3.8) is 0 Å². The summed E-state index contributed by atoms with van der Waals surface area (Å²) in [5.41, 5.74) is 3.73. The number of anilines is 1. The Morgan fingerprint density at radius 1 is 1.00 bits per heavy atom. The first-order valence-corrected chi connectivity index (χ1v) is 7.28. The second-order valence-electron chi connectivity index (χ2n) is 4.97. The van der Waals surface area contributed by atoms with Gasteiger partial charge in [-0.3, -0.25) is 0 Å². The third kappa shape index (κ3) is 4.02. The van der Waals surface area contributed by atoms with Gasteiger partial charge in [-0.2, -0.15) is 0 Å². The zero-order valence-corrected chi connectivity index (χ0v) is 12.4. The molecule has 0 amide bonds. The van der Waals surface area contributed by atoms with Gasteiger partial charge in [-0.25, -0.2) is 0 Å². The Labute approximate surface area is 121 Å². The topological polar surface area (TPSA) is 21.3 Å². The van der Waals surface area contributed by atoms with Gasteiger partial charge >= 0.3 is 0 Å². The summed E-state index contributed by atoms with van der Waals surface area (Å²) in [5.74, 6) is 0.930. The number of hydrogen-bond donors (Lipinski definition) is 1. The monoisotopic (exact) mass is 269 g/mol. The van der Waals surface area contributed by atoms with E-state index >= 15 is 0 Å². The lowest BCUT2D eigenvalue weighted by Gasteiger charge is -2.11. The molecular weight excluding hydrogens is 246 g/mol. The van der Waals surface area contributed by atoms with E-state index in [-0.39, 0.29) is 0 Å². The molecule has 106 valence electrons. The van der Waals surface area contributed by atoms with Gasteiger partial charge in [0, 0.05) is 17.8 Å². The highest BCUT2D eigenvalue weighted by molar-refractivity contribution is 5.46. The van der Waals surface area contributed by atoms with Crippen molar-refractivity contribution in [2.75, 3.05) is 12.4 Å². The maximum Gasteiger partial charge on any atom is 0.123 e. The minimum Gasteiger partial charge on any atom is -0.496 e. The maximum atomic E-state index is 5.36. The van der Waals surface area contributed by atoms with Crippen molar-refractivity contribution in [3.8, 4) is 5.75 Å². The molecule has 0 aliphatic heterocycles. The number of rotatable bonds is 7. The second-order valence-corrected chi connectivity index (χ2v) is 4.97. The van der Waals surface area contributed by atoms with Gasteiger partial charge in [-0.1, -0.05) is 43.7 Å². The minimum atomic E-state index is 0.776. The SMILES string of the molecule is CCCCc1ccc(NCc2ccccc2OC)cc1. The minimum absolute atomic E-state index is 0.776. The summed E-state index contributed by atoms with van der Waals surface area (Å²) in [7, 11) is 1.71. The number of ether oxygens (including phenoxy) is 1. The fourth-order valence-corrected chi connectivity index (χ4v) is 2.22. The molecule has 0 atom stereocenters. The van der Waals surface area contributed by atoms with Crippen molar-refractivity contribution in [2.24, 2.45) is 0 Å². The highest BCUT2D eigenvalue weighted by atomic mass is 16.5. The first-order chi connectivity index (χ1) is 9.83. The van der Waals surface area contributed by atoms with Gasteiger partial charge in [-0.05, 0) is 36.6 Å². The molecule has 2 nitrogen and oxygen atoms in total. The Morgan fingerprint density at radius 2 is 1.75 bits per heavy atom. The van der Waals surface area contributed by atoms with Crippen molar-refractivity contribution in [1.29, 1.82) is 0 Å². The summed E-state index contributed by atoms with van der Waals surface area (Å²) in [6, 6.07) is 16.8. The first-order valence-electron chi connectivity index (χ1n) is 7.28. The molecule has 0 bridgehead atoms. The van der Waals surface area contributed by atoms with E-state index in [1.54, 1.807) is 7.11 Å². The molecule has 2 aromatic carbocycles. The molecule has 0 heterocycles. The Balaban J connectivity index is 1.93. The molecule has 0 spiro atoms. The zero-order chi connectivity index (χ0) is 14.2. The van der Waals surface area contributed by atoms with E-state index in [2.05, 4.69) is 42.6 Å². The molecule has 0 fully saturated rings. The molecule has 0 aromatic heterocycles. The van der Waals surface area contributed by atoms with Crippen LogP contribution in [0.25, 0.3) is 0 Å². The number of aryl methyl sites for hydroxylation is 1. The number of hydrogen-bond acceptors (Lipinski definition) is 2. The molecule has 2 aromatic rings. The third-order valence-corrected chi connectivity index (χ3v) is 3.45. The van der Waals surface area contributed by atoms with Crippen LogP contribution in [0, 0.1) is 0 Å². The molecule has 0 unspecified atom stereocenters. The summed E-state index contributed by atoms with van der Waals surface area (Å²) in [6.07, 6.45) is 3.67. The largest absolute Gasteiger partial charge is 0.496 e. The fraction of sp³-hybridized carbons (Fsp3) is 0.333. The van der Waals surface area contributed by atoms with Crippen molar-refractivity contribution >= 4 is 5.69 Å². The molecule has 20 heavy (non-hydrogen) atoms. The molecule has 0 radical (unpaired) electrons. The molecule has 1 N–H and O–H groups in total. The Morgan fingerprint density at radius 3 is 2.45 bits per heavy atom. The van der Waals surface area contributed by atoms with Crippen LogP contribution in [0.4, 0.5) is 5.69 Å². The normalized spacial score (nSPS) is 10.3. The predicted octanol–water partition coefficient (Wildman–Crippen LogP) is 4.65. The standard InChI is InChI=1S/C18H23NO/c1-3-4-7-15-10-12-17(13-11-15)19-14-16-8-5-6-9-18(16)20-2/h5-6,8-13,19H,3-4,7,14H2,1-2H3. The molecular formula is C18H23NO. The van der Waals surface area contributed by atoms with E-state index < -0.39 is 0 Å². The Kier molecular flexibility index (Phi) is 5.48. The average molecular weight is 269 g/mol. The van der Waals surface area contributed by atoms with Crippen LogP contribution >= 0.6 is 0 Å². The van der Waals surface area contributed by atoms with Crippen LogP contribution in [0.1, 0.15) is 30.9 Å². The summed E-state index contributed by atoms with van der Waals surface area (Å²) in [5, 5.41) is 3.44. The van der Waals surface area contributed by atoms with Crippen molar-refractivity contribution in [1.82, 2.24) is 0 Å². The summed E-state index contributed by atoms with van der Waals surface area (Å²) in [4.78, 5) is 0. The van der Waals surface area contributed by atoms with Crippen LogP contribution < -0.4 is 10.1 Å². The molecule has 0 saturated heterocycles. The summed E-state index contributed by atoms with van der Waals surface area (Å²) >= 11 is 0. The number of benzene rings is 2. The average Bonchev–Trinajstić information content (AvgIpc) is 2.52. The zero-order valence-electron chi connectivity index (χ0n) is 12.4. The van der Waals surface area contributed by atoms with Crippen molar-refractivity contribution in [3.05, 3.63) is 59.7 Å². The Hall–Kier alpha value is -1.96. The number of para-hydroxylation sites is 1. The van der Waals surface area contributed by atoms with Crippen LogP contribution in [0.3, 0.4) is 0 Å². The quantitative estimate of drug-likeness (QED) is 0.790. The lowest BCUT2D eigenvalue weighted by Crippen LogP contribution is -2.01. The van der Waals surface area contributed by atoms with E-state index in [4.69, 9.17) is 4.74 Å². The van der Waals surface area contributed by atoms with E-state index in [0.29, 0.717) is 0 Å². The smallest absolute Gasteiger partial charge is 0.123 e. The van der Waals surface area contributed by atoms with Gasteiger partial charge in [0.2, 0.25) is 0 Å². The highest BCUT2D eigenvalue weighted by Crippen LogP contribution is 2.19. The third-order valence-electron chi connectivity index (χ3n) is 3.45. The van der Waals surface area contributed by atoms with Gasteiger partial charge in [0.25, 0.3) is 0 Å². The van der Waals surface area contributed by atoms with Gasteiger partial charge in [0.05, 0.1) is 7.11 Å². The van der Waals surface area contributed by atoms with Gasteiger partial charge in [-0.15, -0.1) is 0 Å². The van der Waals surface area contributed by atoms with E-state index in [0.717, 1.165) is 18.0 Å². The lowest BCUT2D eigenvalue weighted by atomic mass is 10.1. The fourth-order valence-electron chi connectivity index (χ4n) is 2.22. The maximum absolute atomic E-state index is 5.36. The van der Waals surface area contributed by atoms with Crippen LogP contribution in [0.2, 0.25) is 0 Å². The van der Waals surface area contributed by atoms with E-state index in [1.165, 1.54) is 30.4 Å². The van der Waals surface area contributed by atoms with Crippen molar-refractivity contribution in [2.45, 2.75) is 32.7 Å². The van der Waals surface area contributed by atoms with E-state index in [1.807, 2.05) is 18.2 Å². The Bertz CT molecular complexity index is 519. The first kappa shape index (κ1) is 14.4. The summed E-state index contributed by atoms with van der Waals surface area (Å²) < 4.78 is 5.36. The lowest BCUT2D eigenvalue weighted by molar-refractivity contribution is 0.410. The van der Waals surface area contributed by atoms with Gasteiger partial charge in [0.15, 0.2) is 0 Å². The number of nitrogens with one attached hydrogen (secondary N) is 1. The van der Waals surface area contributed by atoms with Crippen LogP contribution in [-0.2, 0) is 13.0 Å². The number of unbranched alkanes of at least 4 members (excludes halogenated alkanes) is 1. The second kappa shape index (κ2) is 7.59. The van der Waals surface area contributed by atoms with Crippen molar-refractivity contribution < 1.29 is 4.74 Å². The van der Waals surface area contributed by atoms with Crippen LogP contribution in [0.15, 0.2) is 48.5 Å². The van der Waals surface area contributed by atoms with Gasteiger partial charge in [0.1, 0.15) is 5.75 Å². The molecule has 2 rings (SSSR count). The molecule has 2 heteroatoms. The van der Waals surface area contributed by atoms with Crippen LogP contribution in [0.5, 0.6) is 5.75 Å². The highest BCUT2D eigenvalue weighted by Gasteiger charge is 2.01. The van der Waals surface area contributed by atoms with Gasteiger partial charge < -0.3 is 10.1 Å². The van der Waals surface area contributed by atoms with Crippen LogP contribution in [-0.4, -0.2) is 7.11 Å². The molecule has 0 aliphatic rings. The van der Waals surface area contributed by atoms with E-state index in [9.17, 15) is 0 Å².